The van der Waals surface area contributed by atoms with Crippen LogP contribution >= 0.6 is 11.6 Å². The summed E-state index contributed by atoms with van der Waals surface area (Å²) in [7, 11) is -2.08. The Morgan fingerprint density at radius 1 is 1.10 bits per heavy atom. The van der Waals surface area contributed by atoms with Crippen molar-refractivity contribution in [1.82, 2.24) is 9.62 Å². The van der Waals surface area contributed by atoms with Gasteiger partial charge >= 0.3 is 0 Å². The van der Waals surface area contributed by atoms with E-state index in [1.165, 1.54) is 22.5 Å². The van der Waals surface area contributed by atoms with Crippen LogP contribution in [0.4, 0.5) is 0 Å². The second kappa shape index (κ2) is 9.61. The van der Waals surface area contributed by atoms with Crippen LogP contribution in [0.25, 0.3) is 0 Å². The van der Waals surface area contributed by atoms with E-state index in [0.717, 1.165) is 31.2 Å². The zero-order valence-electron chi connectivity index (χ0n) is 16.4. The summed E-state index contributed by atoms with van der Waals surface area (Å²) in [5.41, 5.74) is 1.01. The number of nitrogens with one attached hydrogen (secondary N) is 1. The van der Waals surface area contributed by atoms with Gasteiger partial charge in [0.1, 0.15) is 5.75 Å². The lowest BCUT2D eigenvalue weighted by Gasteiger charge is -2.20. The molecule has 0 aliphatic carbocycles. The fraction of sp³-hybridized carbons (Fsp3) is 0.381. The van der Waals surface area contributed by atoms with Gasteiger partial charge in [0.25, 0.3) is 5.91 Å². The zero-order chi connectivity index (χ0) is 20.9. The molecular formula is C21H25ClN2O4S. The lowest BCUT2D eigenvalue weighted by Crippen LogP contribution is -2.32. The maximum absolute atomic E-state index is 13.0. The molecule has 156 valence electrons. The van der Waals surface area contributed by atoms with E-state index in [9.17, 15) is 13.2 Å². The highest BCUT2D eigenvalue weighted by Crippen LogP contribution is 2.25. The number of carbonyl (C=O) groups is 1. The number of carbonyl (C=O) groups excluding carboxylic acids is 1. The van der Waals surface area contributed by atoms with Gasteiger partial charge in [-0.2, -0.15) is 4.31 Å². The Morgan fingerprint density at radius 2 is 1.83 bits per heavy atom. The van der Waals surface area contributed by atoms with Gasteiger partial charge in [-0.15, -0.1) is 0 Å². The average molecular weight is 437 g/mol. The molecule has 0 saturated carbocycles. The van der Waals surface area contributed by atoms with Crippen LogP contribution in [-0.4, -0.2) is 38.8 Å². The van der Waals surface area contributed by atoms with E-state index < -0.39 is 15.9 Å². The summed E-state index contributed by atoms with van der Waals surface area (Å²) >= 11 is 6.19. The summed E-state index contributed by atoms with van der Waals surface area (Å²) in [6.45, 7) is 1.28. The van der Waals surface area contributed by atoms with Gasteiger partial charge < -0.3 is 10.1 Å². The molecular weight excluding hydrogens is 412 g/mol. The number of rotatable bonds is 6. The first-order valence-electron chi connectivity index (χ1n) is 9.62. The van der Waals surface area contributed by atoms with Crippen molar-refractivity contribution >= 4 is 27.5 Å². The van der Waals surface area contributed by atoms with Crippen LogP contribution in [-0.2, 0) is 16.6 Å². The average Bonchev–Trinajstić information content (AvgIpc) is 3.02. The van der Waals surface area contributed by atoms with Gasteiger partial charge in [-0.1, -0.05) is 36.6 Å². The minimum atomic E-state index is -3.66. The van der Waals surface area contributed by atoms with Crippen LogP contribution in [0.3, 0.4) is 0 Å². The molecule has 8 heteroatoms. The zero-order valence-corrected chi connectivity index (χ0v) is 17.9. The minimum Gasteiger partial charge on any atom is -0.497 e. The van der Waals surface area contributed by atoms with E-state index in [1.54, 1.807) is 7.11 Å². The first-order valence-corrected chi connectivity index (χ1v) is 11.4. The molecule has 0 unspecified atom stereocenters. The summed E-state index contributed by atoms with van der Waals surface area (Å²) in [5, 5.41) is 3.00. The highest BCUT2D eigenvalue weighted by atomic mass is 35.5. The molecule has 0 radical (unpaired) electrons. The van der Waals surface area contributed by atoms with E-state index in [-0.39, 0.29) is 22.0 Å². The fourth-order valence-corrected chi connectivity index (χ4v) is 5.08. The second-order valence-corrected chi connectivity index (χ2v) is 9.34. The maximum Gasteiger partial charge on any atom is 0.253 e. The lowest BCUT2D eigenvalue weighted by atomic mass is 10.2. The van der Waals surface area contributed by atoms with E-state index in [4.69, 9.17) is 16.3 Å². The van der Waals surface area contributed by atoms with Crippen molar-refractivity contribution in [2.24, 2.45) is 0 Å². The van der Waals surface area contributed by atoms with E-state index in [1.807, 2.05) is 24.3 Å². The van der Waals surface area contributed by atoms with Crippen LogP contribution in [0.2, 0.25) is 5.02 Å². The molecule has 6 nitrogen and oxygen atoms in total. The standard InChI is InChI=1S/C21H25ClN2O4S/c1-28-17-8-6-7-16(13-17)15-23-21(25)19-14-18(9-10-20(19)22)29(26,27)24-11-4-2-3-5-12-24/h6-10,13-14H,2-5,11-12,15H2,1H3,(H,23,25). The Labute approximate surface area is 176 Å². The molecule has 1 amide bonds. The van der Waals surface area contributed by atoms with Gasteiger partial charge in [-0.25, -0.2) is 8.42 Å². The quantitative estimate of drug-likeness (QED) is 0.746. The molecule has 1 heterocycles. The first kappa shape index (κ1) is 21.6. The van der Waals surface area contributed by atoms with Crippen molar-refractivity contribution in [3.63, 3.8) is 0 Å². The van der Waals surface area contributed by atoms with Crippen LogP contribution in [0.1, 0.15) is 41.6 Å². The Bertz CT molecular complexity index is 970. The Hall–Kier alpha value is -2.09. The Kier molecular flexibility index (Phi) is 7.16. The van der Waals surface area contributed by atoms with Gasteiger partial charge in [-0.05, 0) is 48.7 Å². The van der Waals surface area contributed by atoms with E-state index in [0.29, 0.717) is 18.8 Å². The monoisotopic (exact) mass is 436 g/mol. The molecule has 1 aliphatic heterocycles. The highest BCUT2D eigenvalue weighted by Gasteiger charge is 2.26. The van der Waals surface area contributed by atoms with E-state index >= 15 is 0 Å². The van der Waals surface area contributed by atoms with Crippen molar-refractivity contribution < 1.29 is 17.9 Å². The minimum absolute atomic E-state index is 0.0929. The van der Waals surface area contributed by atoms with Crippen molar-refractivity contribution in [3.05, 3.63) is 58.6 Å². The fourth-order valence-electron chi connectivity index (χ4n) is 3.33. The summed E-state index contributed by atoms with van der Waals surface area (Å²) < 4.78 is 32.7. The summed E-state index contributed by atoms with van der Waals surface area (Å²) in [4.78, 5) is 12.8. The van der Waals surface area contributed by atoms with Gasteiger partial charge in [0.05, 0.1) is 22.6 Å². The highest BCUT2D eigenvalue weighted by molar-refractivity contribution is 7.89. The molecule has 1 aliphatic rings. The first-order chi connectivity index (χ1) is 13.9. The van der Waals surface area contributed by atoms with E-state index in [2.05, 4.69) is 5.32 Å². The Morgan fingerprint density at radius 3 is 2.52 bits per heavy atom. The third kappa shape index (κ3) is 5.29. The number of hydrogen-bond donors (Lipinski definition) is 1. The van der Waals surface area contributed by atoms with Crippen molar-refractivity contribution in [1.29, 1.82) is 0 Å². The third-order valence-corrected chi connectivity index (χ3v) is 7.20. The second-order valence-electron chi connectivity index (χ2n) is 6.99. The predicted octanol–water partition coefficient (Wildman–Crippen LogP) is 3.84. The van der Waals surface area contributed by atoms with Gasteiger partial charge in [0.2, 0.25) is 10.0 Å². The predicted molar refractivity (Wildman–Crippen MR) is 113 cm³/mol. The largest absolute Gasteiger partial charge is 0.497 e. The number of amides is 1. The topological polar surface area (TPSA) is 75.7 Å². The number of halogens is 1. The van der Waals surface area contributed by atoms with Crippen LogP contribution in [0.15, 0.2) is 47.4 Å². The van der Waals surface area contributed by atoms with Gasteiger partial charge in [-0.3, -0.25) is 4.79 Å². The Balaban J connectivity index is 1.78. The number of nitrogens with zero attached hydrogens (tertiary/aromatic N) is 1. The molecule has 0 aromatic heterocycles. The number of methoxy groups -OCH3 is 1. The molecule has 0 bridgehead atoms. The number of ether oxygens (including phenoxy) is 1. The SMILES string of the molecule is COc1cccc(CNC(=O)c2cc(S(=O)(=O)N3CCCCCC3)ccc2Cl)c1. The molecule has 2 aromatic carbocycles. The van der Waals surface area contributed by atoms with Crippen molar-refractivity contribution in [3.8, 4) is 5.75 Å². The smallest absolute Gasteiger partial charge is 0.253 e. The molecule has 29 heavy (non-hydrogen) atoms. The molecule has 3 rings (SSSR count). The van der Waals surface area contributed by atoms with Crippen molar-refractivity contribution in [2.75, 3.05) is 20.2 Å². The van der Waals surface area contributed by atoms with Gasteiger partial charge in [0.15, 0.2) is 0 Å². The third-order valence-electron chi connectivity index (χ3n) is 4.97. The van der Waals surface area contributed by atoms with Gasteiger partial charge in [0, 0.05) is 19.6 Å². The molecule has 1 fully saturated rings. The summed E-state index contributed by atoms with van der Waals surface area (Å²) in [5.74, 6) is 0.269. The van der Waals surface area contributed by atoms with Crippen LogP contribution in [0, 0.1) is 0 Å². The maximum atomic E-state index is 13.0. The lowest BCUT2D eigenvalue weighted by molar-refractivity contribution is 0.0951. The summed E-state index contributed by atoms with van der Waals surface area (Å²) in [6, 6.07) is 11.6. The van der Waals surface area contributed by atoms with Crippen molar-refractivity contribution in [2.45, 2.75) is 37.1 Å². The van der Waals surface area contributed by atoms with Crippen LogP contribution in [0.5, 0.6) is 5.75 Å². The molecule has 1 N–H and O–H groups in total. The normalized spacial score (nSPS) is 15.5. The molecule has 0 atom stereocenters. The van der Waals surface area contributed by atoms with Crippen LogP contribution < -0.4 is 10.1 Å². The molecule has 1 saturated heterocycles. The molecule has 0 spiro atoms. The summed E-state index contributed by atoms with van der Waals surface area (Å²) in [6.07, 6.45) is 3.76. The number of sulfonamides is 1. The number of hydrogen-bond acceptors (Lipinski definition) is 4. The molecule has 2 aromatic rings. The number of benzene rings is 2.